The van der Waals surface area contributed by atoms with Gasteiger partial charge in [0.25, 0.3) is 47.3 Å². The number of anilines is 8. The maximum atomic E-state index is 13.2. The molecule has 2 saturated carbocycles. The fourth-order valence-corrected chi connectivity index (χ4v) is 16.8. The number of methoxy groups -OCH3 is 2. The third-order valence-corrected chi connectivity index (χ3v) is 23.4. The first-order chi connectivity index (χ1) is 61.0. The van der Waals surface area contributed by atoms with E-state index in [1.807, 2.05) is 20.0 Å². The molecule has 2 unspecified atom stereocenters. The molecule has 0 radical (unpaired) electrons. The summed E-state index contributed by atoms with van der Waals surface area (Å²) in [7, 11) is 6.88. The first-order valence-electron chi connectivity index (χ1n) is 42.8. The number of hydrogen-bond acceptors (Lipinski definition) is 28. The van der Waals surface area contributed by atoms with E-state index in [2.05, 4.69) is 81.8 Å². The molecule has 0 spiro atoms. The van der Waals surface area contributed by atoms with E-state index in [4.69, 9.17) is 43.1 Å². The van der Waals surface area contributed by atoms with Gasteiger partial charge in [0.1, 0.15) is 52.6 Å². The molecule has 8 heterocycles. The number of rotatable bonds is 38. The van der Waals surface area contributed by atoms with Crippen molar-refractivity contribution >= 4 is 123 Å². The Hall–Kier alpha value is -13.2. The second-order valence-corrected chi connectivity index (χ2v) is 31.6. The Bertz CT molecular complexity index is 5150. The molecule has 6 aliphatic heterocycles. The highest BCUT2D eigenvalue weighted by atomic mass is 16.5. The van der Waals surface area contributed by atoms with Crippen molar-refractivity contribution in [2.75, 3.05) is 138 Å². The number of unbranched alkanes of at least 4 members (excludes halogenated alkanes) is 1. The third-order valence-electron chi connectivity index (χ3n) is 23.4. The highest BCUT2D eigenvalue weighted by Crippen LogP contribution is 2.45. The summed E-state index contributed by atoms with van der Waals surface area (Å²) in [6.07, 6.45) is 13.7. The molecule has 14 rings (SSSR count). The third kappa shape index (κ3) is 20.8. The number of ether oxygens (including phenoxy) is 7. The van der Waals surface area contributed by atoms with Crippen LogP contribution in [0.3, 0.4) is 0 Å². The molecule has 4 fully saturated rings. The van der Waals surface area contributed by atoms with Gasteiger partial charge in [-0.15, -0.1) is 0 Å². The number of carbonyl (C=O) groups is 13. The van der Waals surface area contributed by atoms with E-state index in [0.717, 1.165) is 71.3 Å². The normalized spacial score (nSPS) is 18.6. The molecule has 13 amide bonds. The van der Waals surface area contributed by atoms with Crippen molar-refractivity contribution in [1.29, 1.82) is 0 Å². The summed E-state index contributed by atoms with van der Waals surface area (Å²) in [5.74, 6) is -2.74. The number of benzene rings is 4. The van der Waals surface area contributed by atoms with Crippen LogP contribution in [0.4, 0.5) is 46.2 Å². The smallest absolute Gasteiger partial charge is 0.266 e. The summed E-state index contributed by atoms with van der Waals surface area (Å²) in [6.45, 7) is 11.4. The Morgan fingerprint density at radius 3 is 1.48 bits per heavy atom. The molecule has 0 bridgehead atoms. The lowest BCUT2D eigenvalue weighted by Crippen LogP contribution is -2.55. The van der Waals surface area contributed by atoms with Gasteiger partial charge in [-0.3, -0.25) is 82.8 Å². The van der Waals surface area contributed by atoms with Gasteiger partial charge in [-0.05, 0) is 150 Å². The van der Waals surface area contributed by atoms with Gasteiger partial charge in [-0.2, -0.15) is 4.98 Å². The molecular formula is C89H107N17O20. The molecule has 2 aromatic heterocycles. The second-order valence-electron chi connectivity index (χ2n) is 31.6. The van der Waals surface area contributed by atoms with Gasteiger partial charge < -0.3 is 84.7 Å². The fourth-order valence-electron chi connectivity index (χ4n) is 16.8. The highest BCUT2D eigenvalue weighted by Gasteiger charge is 2.49. The minimum absolute atomic E-state index is 0.00489. The number of pyridine rings is 1. The number of aromatic nitrogens is 3. The van der Waals surface area contributed by atoms with Gasteiger partial charge in [-0.1, -0.05) is 51.3 Å². The van der Waals surface area contributed by atoms with Crippen molar-refractivity contribution < 1.29 is 95.5 Å². The Morgan fingerprint density at radius 1 is 0.508 bits per heavy atom. The first kappa shape index (κ1) is 90.6. The molecule has 126 heavy (non-hydrogen) atoms. The Morgan fingerprint density at radius 2 is 0.976 bits per heavy atom. The molecule has 37 nitrogen and oxygen atoms in total. The molecule has 668 valence electrons. The first-order valence-corrected chi connectivity index (χ1v) is 42.8. The topological polar surface area (TPSA) is 441 Å². The lowest BCUT2D eigenvalue weighted by molar-refractivity contribution is -0.137. The lowest BCUT2D eigenvalue weighted by atomic mass is 10.0. The van der Waals surface area contributed by atoms with Crippen LogP contribution in [0.5, 0.6) is 23.0 Å². The van der Waals surface area contributed by atoms with Crippen molar-refractivity contribution in [2.45, 2.75) is 159 Å². The SMILES string of the molecule is C=C1[C@@H](C)N(C2CCCC2)c2nc(Nc3ccc(C(=O)NCCCCNC(=O)COc4cccc5c4C(=O)N(C4CCC(=O)NC4=O)C5=O)cc3OC)ccc2N1C.CC[C@@H]1C(=O)N(C)c2cnc(Nc3ccc(C(=O)NCCCOCCOCCOCCCNC(=O)COc4cccc5c4C(=O)N(C4CCC(=O)NC4=O)C5=O)cc3OC)nc2N1C1CCCC1. The number of fused-ring (bicyclic) bond motifs is 4. The fraction of sp³-hybridized carbons (Fsp3) is 0.461. The zero-order valence-electron chi connectivity index (χ0n) is 71.5. The van der Waals surface area contributed by atoms with Crippen LogP contribution in [-0.2, 0) is 47.8 Å². The standard InChI is InChI=1S/C47H59N9O12.C42H48N8O8/c1-4-33-45(62)54(2)35-27-50-47(53-41(35)55(33)30-10-5-6-11-30)51-32-15-14-29(26-37(32)64-3)42(59)49-19-9-21-66-23-25-67-24-22-65-20-8-18-48-39(58)28-68-36-13-7-12-31-40(36)46(63)56(44(31)61)34-16-17-38(57)52-43(34)60;1-24-25(2)49(27-10-5-6-11-27)38-30(48(24)3)16-18-34(46-38)45-29-15-14-26(22-33(29)57-4)39(53)44-21-8-7-20-43-36(52)23-58-32-13-9-12-28-37(32)42(56)50(41(28)55)31-17-19-35(51)47-40(31)54/h7,12-15,26-27,30,33-34H,4-6,8-11,16-25,28H2,1-3H3,(H,48,58)(H,49,59)(H,50,51,53)(H,52,57,60);9,12-16,18,22,25,27,31H,1,5-8,10-11,17,19-21,23H2,2-4H3,(H,43,52)(H,44,53)(H,45,46)(H,47,51,54)/t33-,34?;25-,31?/m11/s1. The molecule has 2 aliphatic carbocycles. The van der Waals surface area contributed by atoms with Gasteiger partial charge in [0, 0.05) is 95.2 Å². The summed E-state index contributed by atoms with van der Waals surface area (Å²) in [5, 5.41) is 22.2. The minimum atomic E-state index is -1.11. The number of carbonyl (C=O) groups excluding carboxylic acids is 13. The predicted octanol–water partition coefficient (Wildman–Crippen LogP) is 6.93. The van der Waals surface area contributed by atoms with E-state index < -0.39 is 84.4 Å². The molecule has 4 atom stereocenters. The number of amides is 13. The average Bonchev–Trinajstić information content (AvgIpc) is 1.50. The molecular weight excluding hydrogens is 1630 g/mol. The lowest BCUT2D eigenvalue weighted by Gasteiger charge is -2.45. The van der Waals surface area contributed by atoms with Crippen LogP contribution in [-0.4, -0.2) is 245 Å². The maximum Gasteiger partial charge on any atom is 0.266 e. The molecule has 6 aromatic rings. The molecule has 8 aliphatic rings. The zero-order chi connectivity index (χ0) is 89.2. The zero-order valence-corrected chi connectivity index (χ0v) is 71.5. The largest absolute Gasteiger partial charge is 0.495 e. The van der Waals surface area contributed by atoms with Crippen molar-refractivity contribution in [3.63, 3.8) is 0 Å². The maximum absolute atomic E-state index is 13.2. The summed E-state index contributed by atoms with van der Waals surface area (Å²) >= 11 is 0. The molecule has 2 saturated heterocycles. The number of piperidine rings is 2. The summed E-state index contributed by atoms with van der Waals surface area (Å²) in [4.78, 5) is 189. The second kappa shape index (κ2) is 42.0. The summed E-state index contributed by atoms with van der Waals surface area (Å²) in [5.41, 5.74) is 4.93. The van der Waals surface area contributed by atoms with Crippen LogP contribution < -0.4 is 81.1 Å². The highest BCUT2D eigenvalue weighted by molar-refractivity contribution is 6.26. The molecule has 4 aromatic carbocycles. The Balaban J connectivity index is 0.000000219. The van der Waals surface area contributed by atoms with E-state index in [-0.39, 0.29) is 95.3 Å². The predicted molar refractivity (Wildman–Crippen MR) is 462 cm³/mol. The number of likely N-dealkylation sites (N-methyl/N-ethyl adjacent to an activating group) is 2. The Labute approximate surface area is 728 Å². The molecule has 8 N–H and O–H groups in total. The van der Waals surface area contributed by atoms with E-state index in [1.165, 1.54) is 56.3 Å². The van der Waals surface area contributed by atoms with Crippen LogP contribution in [0.25, 0.3) is 0 Å². The number of nitrogens with zero attached hydrogens (tertiary/aromatic N) is 9. The van der Waals surface area contributed by atoms with Crippen LogP contribution in [0.2, 0.25) is 0 Å². The van der Waals surface area contributed by atoms with Crippen molar-refractivity contribution in [3.8, 4) is 23.0 Å². The van der Waals surface area contributed by atoms with Crippen molar-refractivity contribution in [2.24, 2.45) is 0 Å². The monoisotopic (exact) mass is 1730 g/mol. The minimum Gasteiger partial charge on any atom is -0.495 e. The van der Waals surface area contributed by atoms with Crippen molar-refractivity contribution in [1.82, 2.24) is 56.7 Å². The van der Waals surface area contributed by atoms with Crippen LogP contribution in [0, 0.1) is 0 Å². The summed E-state index contributed by atoms with van der Waals surface area (Å²) in [6, 6.07) is 21.5. The van der Waals surface area contributed by atoms with Gasteiger partial charge in [0.15, 0.2) is 24.8 Å². The van der Waals surface area contributed by atoms with Crippen LogP contribution >= 0.6 is 0 Å². The van der Waals surface area contributed by atoms with E-state index in [1.54, 1.807) is 61.7 Å². The number of hydrogen-bond donors (Lipinski definition) is 8. The van der Waals surface area contributed by atoms with Crippen LogP contribution in [0.1, 0.15) is 185 Å². The van der Waals surface area contributed by atoms with Gasteiger partial charge in [0.05, 0.1) is 92.2 Å². The van der Waals surface area contributed by atoms with E-state index >= 15 is 0 Å². The number of imide groups is 4. The number of nitrogens with one attached hydrogen (secondary N) is 8. The Kier molecular flexibility index (Phi) is 30.2. The molecule has 37 heteroatoms. The van der Waals surface area contributed by atoms with Gasteiger partial charge in [0.2, 0.25) is 35.5 Å². The summed E-state index contributed by atoms with van der Waals surface area (Å²) < 4.78 is 39.3. The quantitative estimate of drug-likeness (QED) is 0.0144. The van der Waals surface area contributed by atoms with Gasteiger partial charge in [-0.25, -0.2) is 9.97 Å². The van der Waals surface area contributed by atoms with Crippen molar-refractivity contribution in [3.05, 3.63) is 137 Å². The van der Waals surface area contributed by atoms with Crippen LogP contribution in [0.15, 0.2) is 103 Å². The van der Waals surface area contributed by atoms with E-state index in [9.17, 15) is 62.3 Å². The average molecular weight is 1730 g/mol. The van der Waals surface area contributed by atoms with Gasteiger partial charge >= 0.3 is 0 Å². The van der Waals surface area contributed by atoms with E-state index in [0.29, 0.717) is 155 Å².